The lowest BCUT2D eigenvalue weighted by Crippen LogP contribution is -2.31. The Labute approximate surface area is 128 Å². The molecule has 0 spiro atoms. The number of aromatic nitrogens is 5. The van der Waals surface area contributed by atoms with Crippen molar-refractivity contribution < 1.29 is 4.79 Å². The molecule has 1 saturated heterocycles. The molecule has 116 valence electrons. The van der Waals surface area contributed by atoms with Crippen molar-refractivity contribution in [2.45, 2.75) is 25.8 Å². The van der Waals surface area contributed by atoms with Crippen LogP contribution in [0.25, 0.3) is 6.08 Å². The lowest BCUT2D eigenvalue weighted by molar-refractivity contribution is -0.130. The summed E-state index contributed by atoms with van der Waals surface area (Å²) in [5.41, 5.74) is 7.17. The number of likely N-dealkylation sites (tertiary alicyclic amines) is 1. The SMILES string of the molecule is Nc1ncc(C/C=C/c2cn(CC(=O)N3CCCC3)nn2)[nH]1. The molecular weight excluding hydrogens is 282 g/mol. The van der Waals surface area contributed by atoms with Gasteiger partial charge in [0, 0.05) is 25.2 Å². The maximum absolute atomic E-state index is 12.0. The Morgan fingerprint density at radius 1 is 1.41 bits per heavy atom. The molecule has 1 amide bonds. The minimum atomic E-state index is 0.103. The van der Waals surface area contributed by atoms with Gasteiger partial charge in [-0.15, -0.1) is 5.10 Å². The van der Waals surface area contributed by atoms with Gasteiger partial charge in [0.15, 0.2) is 5.95 Å². The molecule has 8 nitrogen and oxygen atoms in total. The molecule has 0 radical (unpaired) electrons. The average Bonchev–Trinajstić information content (AvgIpc) is 3.21. The number of H-pyrrole nitrogens is 1. The number of nitrogen functional groups attached to an aromatic ring is 1. The highest BCUT2D eigenvalue weighted by atomic mass is 16.2. The third-order valence-electron chi connectivity index (χ3n) is 3.59. The van der Waals surface area contributed by atoms with Gasteiger partial charge in [-0.1, -0.05) is 11.3 Å². The second-order valence-electron chi connectivity index (χ2n) is 5.33. The van der Waals surface area contributed by atoms with Gasteiger partial charge in [-0.2, -0.15) is 0 Å². The molecule has 0 unspecified atom stereocenters. The molecule has 3 N–H and O–H groups in total. The Bertz CT molecular complexity index is 666. The van der Waals surface area contributed by atoms with Crippen molar-refractivity contribution in [3.8, 4) is 0 Å². The fourth-order valence-corrected chi connectivity index (χ4v) is 2.46. The number of allylic oxidation sites excluding steroid dienone is 1. The van der Waals surface area contributed by atoms with Crippen LogP contribution in [0.5, 0.6) is 0 Å². The highest BCUT2D eigenvalue weighted by Gasteiger charge is 2.18. The van der Waals surface area contributed by atoms with Crippen LogP contribution in [-0.4, -0.2) is 48.9 Å². The summed E-state index contributed by atoms with van der Waals surface area (Å²) < 4.78 is 1.58. The highest BCUT2D eigenvalue weighted by Crippen LogP contribution is 2.08. The molecule has 2 aromatic rings. The van der Waals surface area contributed by atoms with Crippen molar-refractivity contribution in [2.75, 3.05) is 18.8 Å². The maximum atomic E-state index is 12.0. The van der Waals surface area contributed by atoms with Crippen molar-refractivity contribution in [1.29, 1.82) is 0 Å². The Balaban J connectivity index is 1.53. The number of carbonyl (C=O) groups is 1. The van der Waals surface area contributed by atoms with Gasteiger partial charge in [0.1, 0.15) is 12.2 Å². The Morgan fingerprint density at radius 3 is 2.95 bits per heavy atom. The van der Waals surface area contributed by atoms with Crippen LogP contribution in [0, 0.1) is 0 Å². The minimum Gasteiger partial charge on any atom is -0.369 e. The van der Waals surface area contributed by atoms with Gasteiger partial charge >= 0.3 is 0 Å². The number of nitrogens with zero attached hydrogens (tertiary/aromatic N) is 5. The third-order valence-corrected chi connectivity index (χ3v) is 3.59. The first-order chi connectivity index (χ1) is 10.7. The molecule has 3 rings (SSSR count). The van der Waals surface area contributed by atoms with E-state index in [1.807, 2.05) is 17.1 Å². The van der Waals surface area contributed by atoms with Crippen LogP contribution >= 0.6 is 0 Å². The summed E-state index contributed by atoms with van der Waals surface area (Å²) >= 11 is 0. The second kappa shape index (κ2) is 6.42. The van der Waals surface area contributed by atoms with Crippen molar-refractivity contribution >= 4 is 17.9 Å². The van der Waals surface area contributed by atoms with Gasteiger partial charge in [-0.05, 0) is 18.9 Å². The first kappa shape index (κ1) is 14.3. The molecule has 8 heteroatoms. The third kappa shape index (κ3) is 3.51. The number of aromatic amines is 1. The standard InChI is InChI=1S/C14H19N7O/c15-14-16-8-11(17-14)4-3-5-12-9-21(19-18-12)10-13(22)20-6-1-2-7-20/h3,5,8-9H,1-2,4,6-7,10H2,(H3,15,16,17)/b5-3+. The summed E-state index contributed by atoms with van der Waals surface area (Å²) in [4.78, 5) is 20.8. The Kier molecular flexibility index (Phi) is 4.17. The minimum absolute atomic E-state index is 0.103. The number of amides is 1. The molecule has 1 fully saturated rings. The van der Waals surface area contributed by atoms with Gasteiger partial charge in [-0.25, -0.2) is 9.67 Å². The summed E-state index contributed by atoms with van der Waals surface area (Å²) in [5, 5.41) is 8.02. The quantitative estimate of drug-likeness (QED) is 0.834. The molecule has 1 aliphatic rings. The Morgan fingerprint density at radius 2 is 2.23 bits per heavy atom. The number of nitrogens with two attached hydrogens (primary N) is 1. The normalized spacial score (nSPS) is 15.0. The monoisotopic (exact) mass is 301 g/mol. The largest absolute Gasteiger partial charge is 0.369 e. The topological polar surface area (TPSA) is 106 Å². The zero-order chi connectivity index (χ0) is 15.4. The zero-order valence-electron chi connectivity index (χ0n) is 12.3. The van der Waals surface area contributed by atoms with Crippen LogP contribution in [-0.2, 0) is 17.8 Å². The molecule has 0 atom stereocenters. The van der Waals surface area contributed by atoms with Crippen molar-refractivity contribution in [3.63, 3.8) is 0 Å². The van der Waals surface area contributed by atoms with E-state index < -0.39 is 0 Å². The molecule has 3 heterocycles. The van der Waals surface area contributed by atoms with Gasteiger partial charge in [0.2, 0.25) is 5.91 Å². The van der Waals surface area contributed by atoms with Crippen LogP contribution in [0.1, 0.15) is 24.2 Å². The first-order valence-corrected chi connectivity index (χ1v) is 7.34. The smallest absolute Gasteiger partial charge is 0.244 e. The van der Waals surface area contributed by atoms with Crippen molar-refractivity contribution in [2.24, 2.45) is 0 Å². The van der Waals surface area contributed by atoms with E-state index in [9.17, 15) is 4.79 Å². The van der Waals surface area contributed by atoms with Crippen LogP contribution in [0.4, 0.5) is 5.95 Å². The van der Waals surface area contributed by atoms with Crippen LogP contribution < -0.4 is 5.73 Å². The summed E-state index contributed by atoms with van der Waals surface area (Å²) in [6.07, 6.45) is 10.1. The van der Waals surface area contributed by atoms with E-state index >= 15 is 0 Å². The average molecular weight is 301 g/mol. The number of imidazole rings is 1. The fraction of sp³-hybridized carbons (Fsp3) is 0.429. The van der Waals surface area contributed by atoms with E-state index in [2.05, 4.69) is 20.3 Å². The van der Waals surface area contributed by atoms with E-state index in [1.54, 1.807) is 17.1 Å². The molecule has 0 aliphatic carbocycles. The summed E-state index contributed by atoms with van der Waals surface area (Å²) in [7, 11) is 0. The van der Waals surface area contributed by atoms with E-state index in [4.69, 9.17) is 5.73 Å². The summed E-state index contributed by atoms with van der Waals surface area (Å²) in [6.45, 7) is 1.96. The maximum Gasteiger partial charge on any atom is 0.244 e. The van der Waals surface area contributed by atoms with Gasteiger partial charge in [-0.3, -0.25) is 4.79 Å². The fourth-order valence-electron chi connectivity index (χ4n) is 2.46. The zero-order valence-corrected chi connectivity index (χ0v) is 12.3. The molecule has 0 bridgehead atoms. The number of rotatable bonds is 5. The van der Waals surface area contributed by atoms with Gasteiger partial charge in [0.05, 0.1) is 12.4 Å². The van der Waals surface area contributed by atoms with Crippen LogP contribution in [0.3, 0.4) is 0 Å². The number of anilines is 1. The highest BCUT2D eigenvalue weighted by molar-refractivity contribution is 5.76. The molecule has 1 aliphatic heterocycles. The van der Waals surface area contributed by atoms with Gasteiger partial charge in [0.25, 0.3) is 0 Å². The van der Waals surface area contributed by atoms with Gasteiger partial charge < -0.3 is 15.6 Å². The lowest BCUT2D eigenvalue weighted by Gasteiger charge is -2.14. The summed E-state index contributed by atoms with van der Waals surface area (Å²) in [5.74, 6) is 0.514. The number of carbonyl (C=O) groups excluding carboxylic acids is 1. The number of hydrogen-bond acceptors (Lipinski definition) is 5. The predicted octanol–water partition coefficient (Wildman–Crippen LogP) is 0.462. The Hall–Kier alpha value is -2.64. The number of hydrogen-bond donors (Lipinski definition) is 2. The van der Waals surface area contributed by atoms with E-state index in [0.29, 0.717) is 12.4 Å². The molecular formula is C14H19N7O. The molecule has 0 aromatic carbocycles. The van der Waals surface area contributed by atoms with Crippen LogP contribution in [0.15, 0.2) is 18.5 Å². The predicted molar refractivity (Wildman–Crippen MR) is 81.6 cm³/mol. The number of nitrogens with one attached hydrogen (secondary N) is 1. The van der Waals surface area contributed by atoms with Crippen LogP contribution in [0.2, 0.25) is 0 Å². The summed E-state index contributed by atoms with van der Waals surface area (Å²) in [6, 6.07) is 0. The lowest BCUT2D eigenvalue weighted by atomic mass is 10.3. The first-order valence-electron chi connectivity index (χ1n) is 7.34. The van der Waals surface area contributed by atoms with E-state index in [0.717, 1.165) is 37.3 Å². The molecule has 0 saturated carbocycles. The van der Waals surface area contributed by atoms with Crippen molar-refractivity contribution in [1.82, 2.24) is 29.9 Å². The van der Waals surface area contributed by atoms with E-state index in [-0.39, 0.29) is 12.5 Å². The molecule has 22 heavy (non-hydrogen) atoms. The van der Waals surface area contributed by atoms with E-state index in [1.165, 1.54) is 0 Å². The molecule has 2 aromatic heterocycles. The second-order valence-corrected chi connectivity index (χ2v) is 5.33. The van der Waals surface area contributed by atoms with Crippen molar-refractivity contribution in [3.05, 3.63) is 29.9 Å².